The third-order valence-electron chi connectivity index (χ3n) is 3.30. The van der Waals surface area contributed by atoms with E-state index in [4.69, 9.17) is 0 Å². The lowest BCUT2D eigenvalue weighted by molar-refractivity contribution is -0.923. The quantitative estimate of drug-likeness (QED) is 0.400. The van der Waals surface area contributed by atoms with E-state index in [1.54, 1.807) is 0 Å². The van der Waals surface area contributed by atoms with Gasteiger partial charge in [0.05, 0.1) is 32.8 Å². The largest absolute Gasteiger partial charge is 0.324 e. The van der Waals surface area contributed by atoms with Crippen molar-refractivity contribution in [3.05, 3.63) is 12.7 Å². The van der Waals surface area contributed by atoms with Crippen molar-refractivity contribution in [1.82, 2.24) is 0 Å². The van der Waals surface area contributed by atoms with Gasteiger partial charge in [-0.15, -0.1) is 6.58 Å². The van der Waals surface area contributed by atoms with Crippen LogP contribution in [0.3, 0.4) is 0 Å². The zero-order valence-electron chi connectivity index (χ0n) is 12.4. The normalized spacial score (nSPS) is 10.9. The summed E-state index contributed by atoms with van der Waals surface area (Å²) in [5.41, 5.74) is 0. The highest BCUT2D eigenvalue weighted by Gasteiger charge is 2.18. The van der Waals surface area contributed by atoms with E-state index < -0.39 is 11.0 Å². The van der Waals surface area contributed by atoms with Gasteiger partial charge in [-0.05, 0) is 27.2 Å². The third-order valence-corrected chi connectivity index (χ3v) is 3.66. The topological polar surface area (TPSA) is 43.4 Å². The van der Waals surface area contributed by atoms with Crippen molar-refractivity contribution in [1.29, 1.82) is 0 Å². The lowest BCUT2D eigenvalue weighted by Crippen LogP contribution is -2.48. The summed E-state index contributed by atoms with van der Waals surface area (Å²) in [5, 5.41) is 0. The number of quaternary nitrogens is 1. The van der Waals surface area contributed by atoms with Crippen LogP contribution in [-0.4, -0.2) is 45.7 Å². The smallest absolute Gasteiger partial charge is 0.257 e. The molecule has 0 radical (unpaired) electrons. The number of hydrogen-bond donors (Lipinski definition) is 1. The lowest BCUT2D eigenvalue weighted by atomic mass is 10.2. The average Bonchev–Trinajstić information content (AvgIpc) is 2.39. The molecular formula is C13H30NO3S+. The molecule has 0 saturated heterocycles. The van der Waals surface area contributed by atoms with Gasteiger partial charge in [0.25, 0.3) is 11.0 Å². The second-order valence-electron chi connectivity index (χ2n) is 4.18. The van der Waals surface area contributed by atoms with Crippen molar-refractivity contribution < 1.29 is 17.1 Å². The molecule has 0 atom stereocenters. The van der Waals surface area contributed by atoms with Crippen LogP contribution in [0.1, 0.15) is 40.5 Å². The second-order valence-corrected chi connectivity index (χ2v) is 4.88. The first-order valence-electron chi connectivity index (χ1n) is 6.75. The van der Waals surface area contributed by atoms with E-state index in [0.717, 1.165) is 0 Å². The standard InChI is InChI=1S/C10H24N.C3H6O3S/c1-5-9-10-11(6-2,7-3)8-4;1-2-3-6-7(4)5/h5-10H2,1-4H3;2,7H,1,3H2/q+1;. The fourth-order valence-electron chi connectivity index (χ4n) is 1.75. The number of hydrogen-bond acceptors (Lipinski definition) is 3. The summed E-state index contributed by atoms with van der Waals surface area (Å²) in [6.45, 7) is 17.8. The van der Waals surface area contributed by atoms with Crippen molar-refractivity contribution in [2.24, 2.45) is 0 Å². The van der Waals surface area contributed by atoms with Gasteiger partial charge in [-0.3, -0.25) is 4.18 Å². The molecule has 0 N–H and O–H groups in total. The Hall–Kier alpha value is -0.390. The van der Waals surface area contributed by atoms with E-state index in [-0.39, 0.29) is 6.61 Å². The SMILES string of the molecule is C=CCO[SH](=O)=O.CCCC[N+](CC)(CC)CC. The van der Waals surface area contributed by atoms with Crippen molar-refractivity contribution in [3.63, 3.8) is 0 Å². The Bertz CT molecular complexity index is 245. The summed E-state index contributed by atoms with van der Waals surface area (Å²) < 4.78 is 24.4. The molecular weight excluding hydrogens is 250 g/mol. The minimum absolute atomic E-state index is 0.0682. The predicted octanol–water partition coefficient (Wildman–Crippen LogP) is 2.38. The van der Waals surface area contributed by atoms with Gasteiger partial charge in [0.1, 0.15) is 0 Å². The van der Waals surface area contributed by atoms with Gasteiger partial charge in [0.15, 0.2) is 0 Å². The van der Waals surface area contributed by atoms with Crippen molar-refractivity contribution in [3.8, 4) is 0 Å². The van der Waals surface area contributed by atoms with Gasteiger partial charge >= 0.3 is 0 Å². The first-order valence-corrected chi connectivity index (χ1v) is 7.84. The maximum Gasteiger partial charge on any atom is 0.257 e. The molecule has 0 aromatic heterocycles. The van der Waals surface area contributed by atoms with E-state index in [2.05, 4.69) is 38.5 Å². The summed E-state index contributed by atoms with van der Waals surface area (Å²) in [4.78, 5) is 0. The fraction of sp³-hybridized carbons (Fsp3) is 0.846. The van der Waals surface area contributed by atoms with Crippen molar-refractivity contribution in [2.45, 2.75) is 40.5 Å². The maximum absolute atomic E-state index is 9.53. The van der Waals surface area contributed by atoms with Crippen LogP contribution >= 0.6 is 0 Å². The van der Waals surface area contributed by atoms with E-state index in [0.29, 0.717) is 0 Å². The highest BCUT2D eigenvalue weighted by atomic mass is 32.2. The Balaban J connectivity index is 0. The van der Waals surface area contributed by atoms with Gasteiger partial charge < -0.3 is 4.48 Å². The zero-order valence-corrected chi connectivity index (χ0v) is 13.2. The van der Waals surface area contributed by atoms with Crippen LogP contribution in [0.25, 0.3) is 0 Å². The minimum atomic E-state index is -2.68. The number of unbranched alkanes of at least 4 members (excludes halogenated alkanes) is 1. The van der Waals surface area contributed by atoms with Crippen molar-refractivity contribution >= 4 is 11.0 Å². The third kappa shape index (κ3) is 10.7. The molecule has 0 aromatic carbocycles. The molecule has 0 rings (SSSR count). The Morgan fingerprint density at radius 3 is 1.83 bits per heavy atom. The molecule has 0 aliphatic carbocycles. The number of nitrogens with zero attached hydrogens (tertiary/aromatic N) is 1. The molecule has 4 nitrogen and oxygen atoms in total. The minimum Gasteiger partial charge on any atom is -0.324 e. The summed E-state index contributed by atoms with van der Waals surface area (Å²) in [7, 11) is -2.68. The molecule has 5 heteroatoms. The molecule has 0 unspecified atom stereocenters. The molecule has 0 spiro atoms. The molecule has 0 aliphatic heterocycles. The molecule has 0 bridgehead atoms. The molecule has 110 valence electrons. The van der Waals surface area contributed by atoms with E-state index >= 15 is 0 Å². The summed E-state index contributed by atoms with van der Waals surface area (Å²) in [6, 6.07) is 0. The maximum atomic E-state index is 9.53. The van der Waals surface area contributed by atoms with Gasteiger partial charge in [-0.1, -0.05) is 19.4 Å². The summed E-state index contributed by atoms with van der Waals surface area (Å²) in [5.74, 6) is 0. The Kier molecular flexibility index (Phi) is 14.5. The van der Waals surface area contributed by atoms with E-state index in [1.165, 1.54) is 49.6 Å². The first kappa shape index (κ1) is 19.9. The van der Waals surface area contributed by atoms with Crippen LogP contribution in [0.15, 0.2) is 12.7 Å². The van der Waals surface area contributed by atoms with Gasteiger partial charge in [0, 0.05) is 0 Å². The van der Waals surface area contributed by atoms with Crippen LogP contribution in [0, 0.1) is 0 Å². The lowest BCUT2D eigenvalue weighted by Gasteiger charge is -2.35. The highest BCUT2D eigenvalue weighted by molar-refractivity contribution is 7.67. The van der Waals surface area contributed by atoms with Gasteiger partial charge in [-0.25, -0.2) is 8.42 Å². The zero-order chi connectivity index (χ0) is 14.4. The Labute approximate surface area is 114 Å². The fourth-order valence-corrected chi connectivity index (χ4v) is 1.98. The molecule has 0 aliphatic rings. The first-order chi connectivity index (χ1) is 8.51. The molecule has 18 heavy (non-hydrogen) atoms. The van der Waals surface area contributed by atoms with Crippen LogP contribution < -0.4 is 0 Å². The van der Waals surface area contributed by atoms with Crippen LogP contribution in [0.4, 0.5) is 0 Å². The average molecular weight is 280 g/mol. The van der Waals surface area contributed by atoms with E-state index in [9.17, 15) is 8.42 Å². The van der Waals surface area contributed by atoms with Crippen LogP contribution in [0.5, 0.6) is 0 Å². The monoisotopic (exact) mass is 280 g/mol. The van der Waals surface area contributed by atoms with Crippen molar-refractivity contribution in [2.75, 3.05) is 32.8 Å². The van der Waals surface area contributed by atoms with Crippen LogP contribution in [-0.2, 0) is 15.2 Å². The van der Waals surface area contributed by atoms with Gasteiger partial charge in [0.2, 0.25) is 0 Å². The Morgan fingerprint density at radius 1 is 1.11 bits per heavy atom. The molecule has 0 aromatic rings. The molecule has 0 amide bonds. The second kappa shape index (κ2) is 13.1. The molecule has 0 saturated carbocycles. The van der Waals surface area contributed by atoms with Crippen LogP contribution in [0.2, 0.25) is 0 Å². The van der Waals surface area contributed by atoms with E-state index in [1.807, 2.05) is 0 Å². The highest BCUT2D eigenvalue weighted by Crippen LogP contribution is 2.07. The predicted molar refractivity (Wildman–Crippen MR) is 78.1 cm³/mol. The molecule has 0 heterocycles. The number of rotatable bonds is 9. The van der Waals surface area contributed by atoms with Gasteiger partial charge in [-0.2, -0.15) is 0 Å². The number of thiol groups is 1. The Morgan fingerprint density at radius 2 is 1.61 bits per heavy atom. The summed E-state index contributed by atoms with van der Waals surface area (Å²) >= 11 is 0. The summed E-state index contributed by atoms with van der Waals surface area (Å²) in [6.07, 6.45) is 4.08. The molecule has 0 fully saturated rings.